The third-order valence-electron chi connectivity index (χ3n) is 4.05. The Morgan fingerprint density at radius 2 is 2.15 bits per heavy atom. The van der Waals surface area contributed by atoms with E-state index in [4.69, 9.17) is 0 Å². The van der Waals surface area contributed by atoms with Crippen LogP contribution in [0.1, 0.15) is 29.6 Å². The molecule has 1 N–H and O–H groups in total. The minimum atomic E-state index is -0.00942. The van der Waals surface area contributed by atoms with Gasteiger partial charge in [0.2, 0.25) is 0 Å². The molecule has 1 aromatic heterocycles. The van der Waals surface area contributed by atoms with Gasteiger partial charge in [-0.3, -0.25) is 9.69 Å². The average Bonchev–Trinajstić information content (AvgIpc) is 3.20. The molecule has 5 nitrogen and oxygen atoms in total. The Morgan fingerprint density at radius 3 is 2.75 bits per heavy atom. The molecule has 1 amide bonds. The first-order chi connectivity index (χ1) is 9.63. The quantitative estimate of drug-likeness (QED) is 0.902. The second-order valence-electron chi connectivity index (χ2n) is 5.99. The zero-order valence-electron chi connectivity index (χ0n) is 12.2. The molecular formula is C15H22N4O. The largest absolute Gasteiger partial charge is 0.366 e. The maximum Gasteiger partial charge on any atom is 0.254 e. The Labute approximate surface area is 120 Å². The molecule has 1 aliphatic heterocycles. The van der Waals surface area contributed by atoms with E-state index >= 15 is 0 Å². The lowest BCUT2D eigenvalue weighted by molar-refractivity contribution is 0.0827. The van der Waals surface area contributed by atoms with Gasteiger partial charge in [-0.15, -0.1) is 0 Å². The van der Waals surface area contributed by atoms with Crippen LogP contribution < -0.4 is 5.32 Å². The van der Waals surface area contributed by atoms with Gasteiger partial charge in [-0.05, 0) is 31.4 Å². The molecule has 20 heavy (non-hydrogen) atoms. The summed E-state index contributed by atoms with van der Waals surface area (Å²) in [6.45, 7) is 2.31. The van der Waals surface area contributed by atoms with Gasteiger partial charge in [-0.25, -0.2) is 4.98 Å². The summed E-state index contributed by atoms with van der Waals surface area (Å²) < 4.78 is 0. The van der Waals surface area contributed by atoms with Crippen molar-refractivity contribution in [3.05, 3.63) is 23.9 Å². The fraction of sp³-hybridized carbons (Fsp3) is 0.600. The van der Waals surface area contributed by atoms with E-state index in [0.717, 1.165) is 18.4 Å². The van der Waals surface area contributed by atoms with Gasteiger partial charge in [-0.2, -0.15) is 0 Å². The molecule has 1 saturated heterocycles. The summed E-state index contributed by atoms with van der Waals surface area (Å²) in [6, 6.07) is 5.07. The number of carbonyl (C=O) groups excluding carboxylic acids is 1. The van der Waals surface area contributed by atoms with Gasteiger partial charge in [0.1, 0.15) is 5.82 Å². The highest BCUT2D eigenvalue weighted by Crippen LogP contribution is 2.30. The van der Waals surface area contributed by atoms with Gasteiger partial charge in [0.15, 0.2) is 0 Å². The van der Waals surface area contributed by atoms with Gasteiger partial charge >= 0.3 is 0 Å². The van der Waals surface area contributed by atoms with Crippen molar-refractivity contribution >= 4 is 11.7 Å². The smallest absolute Gasteiger partial charge is 0.254 e. The molecule has 2 heterocycles. The molecule has 1 atom stereocenters. The van der Waals surface area contributed by atoms with E-state index in [0.29, 0.717) is 11.6 Å². The van der Waals surface area contributed by atoms with E-state index in [1.807, 2.05) is 12.1 Å². The molecule has 5 heteroatoms. The molecule has 1 aromatic rings. The van der Waals surface area contributed by atoms with Crippen molar-refractivity contribution in [1.82, 2.24) is 14.8 Å². The van der Waals surface area contributed by atoms with Crippen LogP contribution in [0, 0.1) is 0 Å². The first kappa shape index (κ1) is 13.4. The third kappa shape index (κ3) is 2.93. The Bertz CT molecular complexity index is 481. The molecule has 0 bridgehead atoms. The van der Waals surface area contributed by atoms with Crippen LogP contribution >= 0.6 is 0 Å². The van der Waals surface area contributed by atoms with E-state index in [9.17, 15) is 4.79 Å². The second-order valence-corrected chi connectivity index (χ2v) is 5.99. The second kappa shape index (κ2) is 5.40. The van der Waals surface area contributed by atoms with Crippen LogP contribution in [-0.4, -0.2) is 60.0 Å². The summed E-state index contributed by atoms with van der Waals surface area (Å²) in [5, 5.41) is 3.47. The summed E-state index contributed by atoms with van der Waals surface area (Å²) in [6.07, 6.45) is 5.56. The van der Waals surface area contributed by atoms with Crippen molar-refractivity contribution in [2.24, 2.45) is 0 Å². The minimum Gasteiger partial charge on any atom is -0.366 e. The van der Waals surface area contributed by atoms with Crippen LogP contribution in [0.5, 0.6) is 0 Å². The molecule has 3 rings (SSSR count). The van der Waals surface area contributed by atoms with E-state index in [1.54, 1.807) is 25.2 Å². The summed E-state index contributed by atoms with van der Waals surface area (Å²) in [5.41, 5.74) is 0.631. The fourth-order valence-corrected chi connectivity index (χ4v) is 2.75. The molecule has 2 fully saturated rings. The number of rotatable bonds is 4. The molecular weight excluding hydrogens is 252 g/mol. The summed E-state index contributed by atoms with van der Waals surface area (Å²) in [7, 11) is 3.50. The van der Waals surface area contributed by atoms with Crippen LogP contribution in [0.15, 0.2) is 18.3 Å². The van der Waals surface area contributed by atoms with Gasteiger partial charge in [0.05, 0.1) is 5.56 Å². The minimum absolute atomic E-state index is 0.00942. The number of pyridine rings is 1. The first-order valence-electron chi connectivity index (χ1n) is 7.32. The molecule has 0 aromatic carbocycles. The van der Waals surface area contributed by atoms with Crippen molar-refractivity contribution in [3.8, 4) is 0 Å². The molecule has 1 saturated carbocycles. The third-order valence-corrected chi connectivity index (χ3v) is 4.05. The predicted molar refractivity (Wildman–Crippen MR) is 78.9 cm³/mol. The molecule has 1 unspecified atom stereocenters. The lowest BCUT2D eigenvalue weighted by Gasteiger charge is -2.16. The summed E-state index contributed by atoms with van der Waals surface area (Å²) in [5.74, 6) is 0.854. The zero-order valence-corrected chi connectivity index (χ0v) is 12.2. The number of amides is 1. The number of nitrogens with one attached hydrogen (secondary N) is 1. The Balaban J connectivity index is 1.57. The highest BCUT2D eigenvalue weighted by atomic mass is 16.2. The lowest BCUT2D eigenvalue weighted by atomic mass is 10.2. The fourth-order valence-electron chi connectivity index (χ4n) is 2.75. The first-order valence-corrected chi connectivity index (χ1v) is 7.32. The van der Waals surface area contributed by atoms with Crippen LogP contribution in [-0.2, 0) is 0 Å². The zero-order chi connectivity index (χ0) is 14.1. The van der Waals surface area contributed by atoms with Gasteiger partial charge < -0.3 is 10.2 Å². The van der Waals surface area contributed by atoms with Gasteiger partial charge in [-0.1, -0.05) is 0 Å². The van der Waals surface area contributed by atoms with E-state index in [-0.39, 0.29) is 5.91 Å². The molecule has 1 aliphatic carbocycles. The van der Waals surface area contributed by atoms with E-state index in [1.165, 1.54) is 25.8 Å². The molecule has 0 radical (unpaired) electrons. The van der Waals surface area contributed by atoms with Gasteiger partial charge in [0, 0.05) is 45.5 Å². The summed E-state index contributed by atoms with van der Waals surface area (Å²) >= 11 is 0. The number of anilines is 1. The number of hydrogen-bond donors (Lipinski definition) is 1. The number of aromatic nitrogens is 1. The van der Waals surface area contributed by atoms with Crippen LogP contribution in [0.3, 0.4) is 0 Å². The highest BCUT2D eigenvalue weighted by Gasteiger charge is 2.34. The lowest BCUT2D eigenvalue weighted by Crippen LogP contribution is -2.28. The van der Waals surface area contributed by atoms with Crippen molar-refractivity contribution in [3.63, 3.8) is 0 Å². The molecule has 2 aliphatic rings. The van der Waals surface area contributed by atoms with Crippen LogP contribution in [0.4, 0.5) is 5.82 Å². The predicted octanol–water partition coefficient (Wildman–Crippen LogP) is 1.43. The van der Waals surface area contributed by atoms with E-state index in [2.05, 4.69) is 15.2 Å². The Hall–Kier alpha value is -1.62. The molecule has 0 spiro atoms. The van der Waals surface area contributed by atoms with Crippen molar-refractivity contribution in [2.75, 3.05) is 32.5 Å². The van der Waals surface area contributed by atoms with Crippen molar-refractivity contribution in [2.45, 2.75) is 31.3 Å². The number of nitrogens with zero attached hydrogens (tertiary/aromatic N) is 3. The maximum absolute atomic E-state index is 11.8. The highest BCUT2D eigenvalue weighted by molar-refractivity contribution is 5.93. The number of carbonyl (C=O) groups is 1. The normalized spacial score (nSPS) is 22.8. The van der Waals surface area contributed by atoms with Crippen molar-refractivity contribution < 1.29 is 4.79 Å². The molecule has 108 valence electrons. The average molecular weight is 274 g/mol. The monoisotopic (exact) mass is 274 g/mol. The topological polar surface area (TPSA) is 48.5 Å². The number of hydrogen-bond acceptors (Lipinski definition) is 4. The van der Waals surface area contributed by atoms with Crippen molar-refractivity contribution in [1.29, 1.82) is 0 Å². The van der Waals surface area contributed by atoms with Crippen LogP contribution in [0.25, 0.3) is 0 Å². The standard InChI is InChI=1S/C15H22N4O/c1-18(2)15(20)11-3-6-14(16-9-11)17-12-7-8-19(10-12)13-4-5-13/h3,6,9,12-13H,4-5,7-8,10H2,1-2H3,(H,16,17). The van der Waals surface area contributed by atoms with E-state index < -0.39 is 0 Å². The number of likely N-dealkylation sites (tertiary alicyclic amines) is 1. The van der Waals surface area contributed by atoms with Crippen LogP contribution in [0.2, 0.25) is 0 Å². The maximum atomic E-state index is 11.8. The summed E-state index contributed by atoms with van der Waals surface area (Å²) in [4.78, 5) is 20.3. The Morgan fingerprint density at radius 1 is 1.35 bits per heavy atom. The van der Waals surface area contributed by atoms with Gasteiger partial charge in [0.25, 0.3) is 5.91 Å². The SMILES string of the molecule is CN(C)C(=O)c1ccc(NC2CCN(C3CC3)C2)nc1. The Kier molecular flexibility index (Phi) is 3.61.